The highest BCUT2D eigenvalue weighted by molar-refractivity contribution is 7.88. The fourth-order valence-corrected chi connectivity index (χ4v) is 4.72. The Morgan fingerprint density at radius 1 is 1.17 bits per heavy atom. The van der Waals surface area contributed by atoms with E-state index >= 15 is 0 Å². The normalized spacial score (nSPS) is 15.6. The largest absolute Gasteiger partial charge is 0.384 e. The Labute approximate surface area is 173 Å². The SMILES string of the molecule is Cc1cc(CN(CC2CCNCC2)S(C)(=O)=O)cc(-c2cccc(C(=N)N)c2)c1. The second-order valence-corrected chi connectivity index (χ2v) is 9.93. The van der Waals surface area contributed by atoms with E-state index in [2.05, 4.69) is 11.4 Å². The van der Waals surface area contributed by atoms with Crippen LogP contribution in [0.3, 0.4) is 0 Å². The van der Waals surface area contributed by atoms with Crippen LogP contribution in [0.15, 0.2) is 42.5 Å². The lowest BCUT2D eigenvalue weighted by molar-refractivity contribution is 0.285. The summed E-state index contributed by atoms with van der Waals surface area (Å²) in [5, 5.41) is 11.0. The average molecular weight is 415 g/mol. The fraction of sp³-hybridized carbons (Fsp3) is 0.409. The molecular formula is C22H30N4O2S. The van der Waals surface area contributed by atoms with E-state index in [4.69, 9.17) is 11.1 Å². The maximum Gasteiger partial charge on any atom is 0.211 e. The second-order valence-electron chi connectivity index (χ2n) is 7.95. The number of amidine groups is 1. The van der Waals surface area contributed by atoms with Crippen LogP contribution in [0.25, 0.3) is 11.1 Å². The first-order chi connectivity index (χ1) is 13.7. The molecule has 1 aliphatic heterocycles. The van der Waals surface area contributed by atoms with Crippen LogP contribution in [-0.4, -0.2) is 44.4 Å². The zero-order chi connectivity index (χ0) is 21.0. The van der Waals surface area contributed by atoms with Gasteiger partial charge in [-0.3, -0.25) is 5.41 Å². The molecular weight excluding hydrogens is 384 g/mol. The van der Waals surface area contributed by atoms with Gasteiger partial charge in [0.1, 0.15) is 5.84 Å². The fourth-order valence-electron chi connectivity index (χ4n) is 3.86. The second kappa shape index (κ2) is 9.07. The van der Waals surface area contributed by atoms with Crippen molar-refractivity contribution in [1.29, 1.82) is 5.41 Å². The van der Waals surface area contributed by atoms with Crippen molar-refractivity contribution >= 4 is 15.9 Å². The first-order valence-corrected chi connectivity index (χ1v) is 11.8. The van der Waals surface area contributed by atoms with Crippen LogP contribution in [0, 0.1) is 18.3 Å². The minimum Gasteiger partial charge on any atom is -0.384 e. The molecule has 0 atom stereocenters. The highest BCUT2D eigenvalue weighted by Gasteiger charge is 2.23. The Balaban J connectivity index is 1.87. The number of sulfonamides is 1. The lowest BCUT2D eigenvalue weighted by atomic mass is 9.97. The maximum absolute atomic E-state index is 12.4. The van der Waals surface area contributed by atoms with Gasteiger partial charge in [-0.05, 0) is 67.6 Å². The average Bonchev–Trinajstić information content (AvgIpc) is 2.67. The highest BCUT2D eigenvalue weighted by Crippen LogP contribution is 2.25. The molecule has 1 heterocycles. The van der Waals surface area contributed by atoms with Crippen LogP contribution in [0.1, 0.15) is 29.5 Å². The lowest BCUT2D eigenvalue weighted by Crippen LogP contribution is -2.38. The Morgan fingerprint density at radius 2 is 1.90 bits per heavy atom. The molecule has 0 unspecified atom stereocenters. The number of piperidine rings is 1. The van der Waals surface area contributed by atoms with Crippen LogP contribution in [0.2, 0.25) is 0 Å². The topological polar surface area (TPSA) is 99.3 Å². The standard InChI is InChI=1S/C22H30N4O2S/c1-16-10-18(12-21(11-16)19-4-3-5-20(13-19)22(23)24)15-26(29(2,27)28)14-17-6-8-25-9-7-17/h3-5,10-13,17,25H,6-9,14-15H2,1-2H3,(H3,23,24). The van der Waals surface area contributed by atoms with E-state index in [1.54, 1.807) is 4.31 Å². The molecule has 6 nitrogen and oxygen atoms in total. The third kappa shape index (κ3) is 5.88. The Hall–Kier alpha value is -2.22. The number of hydrogen-bond donors (Lipinski definition) is 3. The first-order valence-electron chi connectivity index (χ1n) is 9.93. The molecule has 0 spiro atoms. The molecule has 2 aromatic carbocycles. The molecule has 1 saturated heterocycles. The van der Waals surface area contributed by atoms with Gasteiger partial charge in [-0.2, -0.15) is 4.31 Å². The van der Waals surface area contributed by atoms with E-state index in [9.17, 15) is 8.42 Å². The molecule has 4 N–H and O–H groups in total. The molecule has 29 heavy (non-hydrogen) atoms. The van der Waals surface area contributed by atoms with Crippen LogP contribution in [0.5, 0.6) is 0 Å². The predicted octanol–water partition coefficient (Wildman–Crippen LogP) is 2.71. The van der Waals surface area contributed by atoms with Crippen LogP contribution in [-0.2, 0) is 16.6 Å². The summed E-state index contributed by atoms with van der Waals surface area (Å²) in [6.45, 7) is 4.83. The first kappa shape index (κ1) is 21.5. The van der Waals surface area contributed by atoms with Crippen molar-refractivity contribution in [3.63, 3.8) is 0 Å². The van der Waals surface area contributed by atoms with Crippen LogP contribution in [0.4, 0.5) is 0 Å². The van der Waals surface area contributed by atoms with Crippen molar-refractivity contribution in [3.8, 4) is 11.1 Å². The van der Waals surface area contributed by atoms with Crippen LogP contribution >= 0.6 is 0 Å². The number of nitrogens with zero attached hydrogens (tertiary/aromatic N) is 1. The summed E-state index contributed by atoms with van der Waals surface area (Å²) < 4.78 is 26.5. The van der Waals surface area contributed by atoms with Crippen molar-refractivity contribution in [2.75, 3.05) is 25.9 Å². The highest BCUT2D eigenvalue weighted by atomic mass is 32.2. The van der Waals surface area contributed by atoms with E-state index < -0.39 is 10.0 Å². The number of rotatable bonds is 7. The molecule has 0 radical (unpaired) electrons. The van der Waals surface area contributed by atoms with Crippen molar-refractivity contribution in [3.05, 3.63) is 59.2 Å². The number of benzene rings is 2. The summed E-state index contributed by atoms with van der Waals surface area (Å²) in [5.74, 6) is 0.424. The summed E-state index contributed by atoms with van der Waals surface area (Å²) in [6, 6.07) is 13.7. The zero-order valence-electron chi connectivity index (χ0n) is 17.1. The Bertz CT molecular complexity index is 982. The molecule has 0 aromatic heterocycles. The van der Waals surface area contributed by atoms with Crippen molar-refractivity contribution in [2.24, 2.45) is 11.7 Å². The molecule has 0 amide bonds. The Morgan fingerprint density at radius 3 is 2.55 bits per heavy atom. The van der Waals surface area contributed by atoms with Gasteiger partial charge < -0.3 is 11.1 Å². The summed E-state index contributed by atoms with van der Waals surface area (Å²) in [4.78, 5) is 0. The molecule has 7 heteroatoms. The molecule has 156 valence electrons. The van der Waals surface area contributed by atoms with Crippen LogP contribution < -0.4 is 11.1 Å². The molecule has 0 aliphatic carbocycles. The van der Waals surface area contributed by atoms with Crippen molar-refractivity contribution in [1.82, 2.24) is 9.62 Å². The monoisotopic (exact) mass is 414 g/mol. The minimum absolute atomic E-state index is 0.0324. The van der Waals surface area contributed by atoms with E-state index in [0.717, 1.165) is 48.2 Å². The number of aryl methyl sites for hydroxylation is 1. The molecule has 1 fully saturated rings. The van der Waals surface area contributed by atoms with Crippen molar-refractivity contribution in [2.45, 2.75) is 26.3 Å². The number of hydrogen-bond acceptors (Lipinski definition) is 4. The van der Waals surface area contributed by atoms with E-state index in [-0.39, 0.29) is 5.84 Å². The summed E-state index contributed by atoms with van der Waals surface area (Å²) >= 11 is 0. The van der Waals surface area contributed by atoms with E-state index in [1.807, 2.05) is 43.3 Å². The predicted molar refractivity (Wildman–Crippen MR) is 118 cm³/mol. The van der Waals surface area contributed by atoms with Gasteiger partial charge >= 0.3 is 0 Å². The molecule has 1 aliphatic rings. The third-order valence-electron chi connectivity index (χ3n) is 5.39. The summed E-state index contributed by atoms with van der Waals surface area (Å²) in [6.07, 6.45) is 3.30. The molecule has 3 rings (SSSR count). The Kier molecular flexibility index (Phi) is 6.72. The van der Waals surface area contributed by atoms with Gasteiger partial charge in [-0.25, -0.2) is 8.42 Å². The van der Waals surface area contributed by atoms with Gasteiger partial charge in [-0.1, -0.05) is 35.9 Å². The van der Waals surface area contributed by atoms with Gasteiger partial charge in [0.2, 0.25) is 10.0 Å². The molecule has 2 aromatic rings. The molecule has 0 bridgehead atoms. The molecule has 0 saturated carbocycles. The zero-order valence-corrected chi connectivity index (χ0v) is 17.9. The summed E-state index contributed by atoms with van der Waals surface area (Å²) in [7, 11) is -3.30. The number of nitrogens with one attached hydrogen (secondary N) is 2. The minimum atomic E-state index is -3.30. The van der Waals surface area contributed by atoms with Gasteiger partial charge in [0, 0.05) is 18.7 Å². The smallest absolute Gasteiger partial charge is 0.211 e. The third-order valence-corrected chi connectivity index (χ3v) is 6.61. The number of nitrogens with two attached hydrogens (primary N) is 1. The maximum atomic E-state index is 12.4. The number of nitrogen functional groups attached to an aromatic ring is 1. The van der Waals surface area contributed by atoms with Gasteiger partial charge in [-0.15, -0.1) is 0 Å². The summed E-state index contributed by atoms with van der Waals surface area (Å²) in [5.41, 5.74) is 10.3. The van der Waals surface area contributed by atoms with Gasteiger partial charge in [0.15, 0.2) is 0 Å². The van der Waals surface area contributed by atoms with Gasteiger partial charge in [0.25, 0.3) is 0 Å². The van der Waals surface area contributed by atoms with E-state index in [0.29, 0.717) is 24.6 Å². The van der Waals surface area contributed by atoms with Crippen molar-refractivity contribution < 1.29 is 8.42 Å². The van der Waals surface area contributed by atoms with E-state index in [1.165, 1.54) is 6.26 Å². The quantitative estimate of drug-likeness (QED) is 0.479. The van der Waals surface area contributed by atoms with Gasteiger partial charge in [0.05, 0.1) is 6.26 Å². The lowest BCUT2D eigenvalue weighted by Gasteiger charge is -2.29.